The molecule has 0 unspecified atom stereocenters. The van der Waals surface area contributed by atoms with Gasteiger partial charge in [-0.2, -0.15) is 0 Å². The molecule has 1 aromatic carbocycles. The molecule has 2 rings (SSSR count). The summed E-state index contributed by atoms with van der Waals surface area (Å²) in [7, 11) is 1.32. The highest BCUT2D eigenvalue weighted by molar-refractivity contribution is 14.1. The Bertz CT molecular complexity index is 733. The molecule has 1 saturated heterocycles. The van der Waals surface area contributed by atoms with Crippen molar-refractivity contribution in [2.45, 2.75) is 13.8 Å². The lowest BCUT2D eigenvalue weighted by atomic mass is 10.2. The molecule has 1 fully saturated rings. The van der Waals surface area contributed by atoms with E-state index in [1.165, 1.54) is 18.9 Å². The summed E-state index contributed by atoms with van der Waals surface area (Å²) in [6, 6.07) is 5.53. The number of esters is 1. The van der Waals surface area contributed by atoms with Crippen LogP contribution < -0.4 is 4.74 Å². The van der Waals surface area contributed by atoms with Crippen LogP contribution in [0.25, 0.3) is 6.08 Å². The minimum absolute atomic E-state index is 0.0271. The highest BCUT2D eigenvalue weighted by atomic mass is 127. The van der Waals surface area contributed by atoms with E-state index in [0.29, 0.717) is 23.7 Å². The van der Waals surface area contributed by atoms with E-state index in [1.54, 1.807) is 11.0 Å². The molecule has 0 aliphatic carbocycles. The SMILES string of the molecule is CCN=C1S/C(=C/c2ccc(OCC(=O)OC)c(I)c2)C(=O)N1CC. The lowest BCUT2D eigenvalue weighted by Crippen LogP contribution is -2.28. The first-order chi connectivity index (χ1) is 12.0. The molecule has 0 bridgehead atoms. The number of nitrogens with zero attached hydrogens (tertiary/aromatic N) is 2. The Morgan fingerprint density at radius 1 is 1.40 bits per heavy atom. The number of rotatable bonds is 6. The van der Waals surface area contributed by atoms with E-state index in [9.17, 15) is 9.59 Å². The molecular formula is C17H19IN2O4S. The summed E-state index contributed by atoms with van der Waals surface area (Å²) in [5.74, 6) is 0.139. The average molecular weight is 474 g/mol. The van der Waals surface area contributed by atoms with E-state index in [4.69, 9.17) is 4.74 Å². The third-order valence-electron chi connectivity index (χ3n) is 3.32. The van der Waals surface area contributed by atoms with Crippen molar-refractivity contribution < 1.29 is 19.1 Å². The number of hydrogen-bond donors (Lipinski definition) is 0. The third kappa shape index (κ3) is 4.97. The lowest BCUT2D eigenvalue weighted by molar-refractivity contribution is -0.142. The number of aliphatic imine (C=N–C) groups is 1. The first-order valence-corrected chi connectivity index (χ1v) is 9.64. The molecule has 8 heteroatoms. The molecule has 134 valence electrons. The molecule has 25 heavy (non-hydrogen) atoms. The normalized spacial score (nSPS) is 17.4. The number of halogens is 1. The van der Waals surface area contributed by atoms with Crippen molar-refractivity contribution in [3.8, 4) is 5.75 Å². The lowest BCUT2D eigenvalue weighted by Gasteiger charge is -2.11. The maximum atomic E-state index is 12.5. The fourth-order valence-corrected chi connectivity index (χ4v) is 3.91. The maximum absolute atomic E-state index is 12.5. The van der Waals surface area contributed by atoms with Crippen LogP contribution in [0.15, 0.2) is 28.1 Å². The smallest absolute Gasteiger partial charge is 0.343 e. The summed E-state index contributed by atoms with van der Waals surface area (Å²) in [6.07, 6.45) is 1.85. The first-order valence-electron chi connectivity index (χ1n) is 7.75. The van der Waals surface area contributed by atoms with Crippen LogP contribution in [0.1, 0.15) is 19.4 Å². The average Bonchev–Trinajstić information content (AvgIpc) is 2.89. The maximum Gasteiger partial charge on any atom is 0.343 e. The molecule has 0 atom stereocenters. The summed E-state index contributed by atoms with van der Waals surface area (Å²) in [4.78, 5) is 30.3. The number of hydrogen-bond acceptors (Lipinski definition) is 6. The second kappa shape index (κ2) is 9.23. The monoisotopic (exact) mass is 474 g/mol. The Morgan fingerprint density at radius 2 is 2.16 bits per heavy atom. The van der Waals surface area contributed by atoms with Crippen LogP contribution in [-0.4, -0.2) is 48.8 Å². The van der Waals surface area contributed by atoms with Crippen LogP contribution in [0.3, 0.4) is 0 Å². The number of likely N-dealkylation sites (N-methyl/N-ethyl adjacent to an activating group) is 1. The number of methoxy groups -OCH3 is 1. The molecular weight excluding hydrogens is 455 g/mol. The summed E-state index contributed by atoms with van der Waals surface area (Å²) in [5.41, 5.74) is 0.888. The predicted octanol–water partition coefficient (Wildman–Crippen LogP) is 3.16. The Morgan fingerprint density at radius 3 is 2.76 bits per heavy atom. The standard InChI is InChI=1S/C17H19IN2O4S/c1-4-19-17-20(5-2)16(22)14(25-17)9-11-6-7-13(12(18)8-11)24-10-15(21)23-3/h6-9H,4-5,10H2,1-3H3/b14-9+,19-17?. The van der Waals surface area contributed by atoms with Gasteiger partial charge in [0, 0.05) is 13.1 Å². The highest BCUT2D eigenvalue weighted by Crippen LogP contribution is 2.33. The van der Waals surface area contributed by atoms with Gasteiger partial charge in [0.15, 0.2) is 11.8 Å². The zero-order valence-electron chi connectivity index (χ0n) is 14.2. The van der Waals surface area contributed by atoms with Crippen molar-refractivity contribution >= 4 is 57.5 Å². The van der Waals surface area contributed by atoms with Crippen LogP contribution >= 0.6 is 34.4 Å². The minimum Gasteiger partial charge on any atom is -0.481 e. The number of ether oxygens (including phenoxy) is 2. The van der Waals surface area contributed by atoms with Crippen LogP contribution in [0.2, 0.25) is 0 Å². The largest absolute Gasteiger partial charge is 0.481 e. The van der Waals surface area contributed by atoms with Crippen LogP contribution in [0.4, 0.5) is 0 Å². The fourth-order valence-electron chi connectivity index (χ4n) is 2.11. The van der Waals surface area contributed by atoms with Gasteiger partial charge in [-0.25, -0.2) is 4.79 Å². The molecule has 1 aliphatic rings. The zero-order chi connectivity index (χ0) is 18.4. The number of benzene rings is 1. The van der Waals surface area contributed by atoms with Crippen molar-refractivity contribution in [2.24, 2.45) is 4.99 Å². The molecule has 0 aromatic heterocycles. The van der Waals surface area contributed by atoms with Crippen molar-refractivity contribution in [1.82, 2.24) is 4.90 Å². The van der Waals surface area contributed by atoms with Crippen LogP contribution in [-0.2, 0) is 14.3 Å². The van der Waals surface area contributed by atoms with E-state index in [1.807, 2.05) is 32.1 Å². The van der Waals surface area contributed by atoms with Crippen molar-refractivity contribution in [3.05, 3.63) is 32.2 Å². The molecule has 1 aromatic rings. The molecule has 0 spiro atoms. The van der Waals surface area contributed by atoms with E-state index >= 15 is 0 Å². The Labute approximate surface area is 164 Å². The van der Waals surface area contributed by atoms with E-state index in [0.717, 1.165) is 14.3 Å². The Kier molecular flexibility index (Phi) is 7.30. The van der Waals surface area contributed by atoms with Crippen molar-refractivity contribution in [3.63, 3.8) is 0 Å². The Hall–Kier alpha value is -1.55. The van der Waals surface area contributed by atoms with Crippen LogP contribution in [0, 0.1) is 3.57 Å². The summed E-state index contributed by atoms with van der Waals surface area (Å²) in [6.45, 7) is 4.99. The van der Waals surface area contributed by atoms with Gasteiger partial charge < -0.3 is 9.47 Å². The minimum atomic E-state index is -0.433. The van der Waals surface area contributed by atoms with Gasteiger partial charge in [-0.15, -0.1) is 0 Å². The van der Waals surface area contributed by atoms with Gasteiger partial charge in [-0.05, 0) is 72.0 Å². The van der Waals surface area contributed by atoms with Gasteiger partial charge in [-0.3, -0.25) is 14.7 Å². The second-order valence-corrected chi connectivity index (χ2v) is 7.14. The number of amidine groups is 1. The quantitative estimate of drug-likeness (QED) is 0.360. The van der Waals surface area contributed by atoms with Gasteiger partial charge >= 0.3 is 5.97 Å². The Balaban J connectivity index is 2.18. The highest BCUT2D eigenvalue weighted by Gasteiger charge is 2.31. The fraction of sp³-hybridized carbons (Fsp3) is 0.353. The van der Waals surface area contributed by atoms with E-state index in [-0.39, 0.29) is 12.5 Å². The van der Waals surface area contributed by atoms with Gasteiger partial charge in [0.25, 0.3) is 5.91 Å². The summed E-state index contributed by atoms with van der Waals surface area (Å²) in [5, 5.41) is 0.744. The number of carbonyl (C=O) groups excluding carboxylic acids is 2. The predicted molar refractivity (Wildman–Crippen MR) is 108 cm³/mol. The molecule has 1 aliphatic heterocycles. The molecule has 0 N–H and O–H groups in total. The molecule has 0 saturated carbocycles. The van der Waals surface area contributed by atoms with Gasteiger partial charge in [0.1, 0.15) is 5.75 Å². The third-order valence-corrected chi connectivity index (χ3v) is 5.21. The van der Waals surface area contributed by atoms with Gasteiger partial charge in [-0.1, -0.05) is 6.07 Å². The van der Waals surface area contributed by atoms with Crippen molar-refractivity contribution in [2.75, 3.05) is 26.8 Å². The summed E-state index contributed by atoms with van der Waals surface area (Å²) < 4.78 is 10.8. The van der Waals surface area contributed by atoms with Gasteiger partial charge in [0.2, 0.25) is 0 Å². The summed E-state index contributed by atoms with van der Waals surface area (Å²) >= 11 is 3.52. The molecule has 1 amide bonds. The number of carbonyl (C=O) groups is 2. The number of thioether (sulfide) groups is 1. The van der Waals surface area contributed by atoms with E-state index in [2.05, 4.69) is 32.3 Å². The first kappa shape index (κ1) is 19.8. The molecule has 0 radical (unpaired) electrons. The number of amides is 1. The molecule has 1 heterocycles. The zero-order valence-corrected chi connectivity index (χ0v) is 17.2. The molecule has 6 nitrogen and oxygen atoms in total. The van der Waals surface area contributed by atoms with Gasteiger partial charge in [0.05, 0.1) is 15.6 Å². The van der Waals surface area contributed by atoms with Crippen molar-refractivity contribution in [1.29, 1.82) is 0 Å². The second-order valence-electron chi connectivity index (χ2n) is 4.97. The topological polar surface area (TPSA) is 68.2 Å². The van der Waals surface area contributed by atoms with Crippen LogP contribution in [0.5, 0.6) is 5.75 Å². The van der Waals surface area contributed by atoms with E-state index < -0.39 is 5.97 Å².